The van der Waals surface area contributed by atoms with Crippen LogP contribution in [0.5, 0.6) is 0 Å². The molecule has 0 radical (unpaired) electrons. The molecule has 2 heterocycles. The molecule has 1 saturated carbocycles. The van der Waals surface area contributed by atoms with E-state index in [1.165, 1.54) is 6.42 Å². The van der Waals surface area contributed by atoms with Crippen molar-refractivity contribution in [2.45, 2.75) is 38.6 Å². The van der Waals surface area contributed by atoms with Gasteiger partial charge in [0.2, 0.25) is 11.8 Å². The quantitative estimate of drug-likeness (QED) is 0.722. The Balaban J connectivity index is 1.48. The van der Waals surface area contributed by atoms with E-state index in [2.05, 4.69) is 15.5 Å². The Bertz CT molecular complexity index is 943. The largest absolute Gasteiger partial charge is 0.419 e. The first-order chi connectivity index (χ1) is 12.6. The second kappa shape index (κ2) is 6.96. The van der Waals surface area contributed by atoms with Gasteiger partial charge in [-0.1, -0.05) is 24.1 Å². The molecule has 6 nitrogen and oxygen atoms in total. The highest BCUT2D eigenvalue weighted by Gasteiger charge is 2.26. The van der Waals surface area contributed by atoms with E-state index in [1.807, 2.05) is 37.4 Å². The number of aryl methyl sites for hydroxylation is 1. The number of aromatic nitrogens is 3. The van der Waals surface area contributed by atoms with Crippen LogP contribution in [0.3, 0.4) is 0 Å². The van der Waals surface area contributed by atoms with Crippen molar-refractivity contribution in [3.8, 4) is 11.6 Å². The minimum Gasteiger partial charge on any atom is -0.419 e. The Labute approximate surface area is 156 Å². The van der Waals surface area contributed by atoms with Crippen molar-refractivity contribution in [3.05, 3.63) is 53.0 Å². The molecule has 1 aromatic carbocycles. The maximum absolute atomic E-state index is 12.4. The van der Waals surface area contributed by atoms with Crippen LogP contribution in [0.4, 0.5) is 5.69 Å². The molecule has 0 unspecified atom stereocenters. The van der Waals surface area contributed by atoms with E-state index in [0.717, 1.165) is 24.1 Å². The number of anilines is 1. The number of carbonyl (C=O) groups excluding carboxylic acids is 1. The van der Waals surface area contributed by atoms with Gasteiger partial charge >= 0.3 is 0 Å². The Kier molecular flexibility index (Phi) is 4.51. The van der Waals surface area contributed by atoms with E-state index >= 15 is 0 Å². The lowest BCUT2D eigenvalue weighted by molar-refractivity contribution is -0.116. The first kappa shape index (κ1) is 16.8. The predicted octanol–water partition coefficient (Wildman–Crippen LogP) is 4.41. The van der Waals surface area contributed by atoms with Crippen LogP contribution < -0.4 is 5.32 Å². The molecular formula is C19H19ClN4O2. The standard InChI is InChI=1S/C19H19ClN4O2/c1-12-7-8-15(14(20)10-12)21-17(25)11-24-9-3-6-16(24)19-23-22-18(26-19)13-4-2-5-13/h3,6-10,13H,2,4-5,11H2,1H3,(H,21,25). The lowest BCUT2D eigenvalue weighted by atomic mass is 9.85. The number of nitrogens with zero attached hydrogens (tertiary/aromatic N) is 3. The maximum Gasteiger partial charge on any atom is 0.264 e. The van der Waals surface area contributed by atoms with Gasteiger partial charge in [0.05, 0.1) is 10.7 Å². The van der Waals surface area contributed by atoms with Gasteiger partial charge in [-0.05, 0) is 49.6 Å². The number of rotatable bonds is 5. The third kappa shape index (κ3) is 3.37. The van der Waals surface area contributed by atoms with Crippen LogP contribution in [0.1, 0.15) is 36.6 Å². The molecule has 0 aliphatic heterocycles. The monoisotopic (exact) mass is 370 g/mol. The zero-order valence-electron chi connectivity index (χ0n) is 14.4. The summed E-state index contributed by atoms with van der Waals surface area (Å²) in [6, 6.07) is 9.25. The molecular weight excluding hydrogens is 352 g/mol. The smallest absolute Gasteiger partial charge is 0.264 e. The van der Waals surface area contributed by atoms with Gasteiger partial charge in [-0.15, -0.1) is 10.2 Å². The molecule has 7 heteroatoms. The highest BCUT2D eigenvalue weighted by Crippen LogP contribution is 2.36. The lowest BCUT2D eigenvalue weighted by Gasteiger charge is -2.20. The van der Waals surface area contributed by atoms with Crippen molar-refractivity contribution in [2.75, 3.05) is 5.32 Å². The van der Waals surface area contributed by atoms with Gasteiger partial charge in [-0.25, -0.2) is 0 Å². The maximum atomic E-state index is 12.4. The summed E-state index contributed by atoms with van der Waals surface area (Å²) in [5, 5.41) is 11.7. The molecule has 1 amide bonds. The molecule has 134 valence electrons. The summed E-state index contributed by atoms with van der Waals surface area (Å²) in [5.41, 5.74) is 2.37. The summed E-state index contributed by atoms with van der Waals surface area (Å²) in [6.07, 6.45) is 5.23. The third-order valence-electron chi connectivity index (χ3n) is 4.66. The predicted molar refractivity (Wildman–Crippen MR) is 99.1 cm³/mol. The Morgan fingerprint density at radius 2 is 2.19 bits per heavy atom. The normalized spacial score (nSPS) is 14.2. The van der Waals surface area contributed by atoms with Crippen LogP contribution in [0.2, 0.25) is 5.02 Å². The average molecular weight is 371 g/mol. The number of amides is 1. The number of hydrogen-bond acceptors (Lipinski definition) is 4. The third-order valence-corrected chi connectivity index (χ3v) is 4.97. The highest BCUT2D eigenvalue weighted by atomic mass is 35.5. The summed E-state index contributed by atoms with van der Waals surface area (Å²) in [7, 11) is 0. The summed E-state index contributed by atoms with van der Waals surface area (Å²) in [5.74, 6) is 1.34. The van der Waals surface area contributed by atoms with E-state index in [9.17, 15) is 4.79 Å². The molecule has 1 N–H and O–H groups in total. The van der Waals surface area contributed by atoms with E-state index in [1.54, 1.807) is 10.6 Å². The molecule has 1 aliphatic carbocycles. The van der Waals surface area contributed by atoms with Gasteiger partial charge in [0.25, 0.3) is 5.89 Å². The molecule has 0 spiro atoms. The van der Waals surface area contributed by atoms with Crippen LogP contribution in [0.15, 0.2) is 40.9 Å². The van der Waals surface area contributed by atoms with Crippen molar-refractivity contribution in [3.63, 3.8) is 0 Å². The second-order valence-electron chi connectivity index (χ2n) is 6.63. The SMILES string of the molecule is Cc1ccc(NC(=O)Cn2cccc2-c2nnc(C3CCC3)o2)c(Cl)c1. The van der Waals surface area contributed by atoms with Crippen molar-refractivity contribution in [2.24, 2.45) is 0 Å². The number of carbonyl (C=O) groups is 1. The summed E-state index contributed by atoms with van der Waals surface area (Å²) in [6.45, 7) is 2.08. The second-order valence-corrected chi connectivity index (χ2v) is 7.03. The summed E-state index contributed by atoms with van der Waals surface area (Å²) in [4.78, 5) is 12.4. The number of hydrogen-bond donors (Lipinski definition) is 1. The van der Waals surface area contributed by atoms with Crippen molar-refractivity contribution in [1.82, 2.24) is 14.8 Å². The number of nitrogens with one attached hydrogen (secondary N) is 1. The fourth-order valence-corrected chi connectivity index (χ4v) is 3.25. The van der Waals surface area contributed by atoms with Crippen LogP contribution in [-0.2, 0) is 11.3 Å². The molecule has 0 bridgehead atoms. The van der Waals surface area contributed by atoms with E-state index in [4.69, 9.17) is 16.0 Å². The van der Waals surface area contributed by atoms with Crippen LogP contribution >= 0.6 is 11.6 Å². The Morgan fingerprint density at radius 1 is 1.35 bits per heavy atom. The van der Waals surface area contributed by atoms with Crippen LogP contribution in [-0.4, -0.2) is 20.7 Å². The Hall–Kier alpha value is -2.60. The van der Waals surface area contributed by atoms with Crippen molar-refractivity contribution >= 4 is 23.2 Å². The first-order valence-corrected chi connectivity index (χ1v) is 9.03. The zero-order valence-corrected chi connectivity index (χ0v) is 15.2. The molecule has 1 aliphatic rings. The Morgan fingerprint density at radius 3 is 2.92 bits per heavy atom. The van der Waals surface area contributed by atoms with Crippen LogP contribution in [0, 0.1) is 6.92 Å². The van der Waals surface area contributed by atoms with E-state index in [0.29, 0.717) is 28.4 Å². The van der Waals surface area contributed by atoms with Gasteiger partial charge in [-0.3, -0.25) is 4.79 Å². The molecule has 0 saturated heterocycles. The van der Waals surface area contributed by atoms with Gasteiger partial charge < -0.3 is 14.3 Å². The fraction of sp³-hybridized carbons (Fsp3) is 0.316. The highest BCUT2D eigenvalue weighted by molar-refractivity contribution is 6.33. The van der Waals surface area contributed by atoms with Gasteiger partial charge in [0.1, 0.15) is 12.2 Å². The average Bonchev–Trinajstić information content (AvgIpc) is 3.18. The zero-order chi connectivity index (χ0) is 18.1. The molecule has 4 rings (SSSR count). The number of benzene rings is 1. The molecule has 1 fully saturated rings. The fourth-order valence-electron chi connectivity index (χ4n) is 2.97. The lowest BCUT2D eigenvalue weighted by Crippen LogP contribution is -2.19. The molecule has 0 atom stereocenters. The van der Waals surface area contributed by atoms with Crippen molar-refractivity contribution in [1.29, 1.82) is 0 Å². The molecule has 3 aromatic rings. The van der Waals surface area contributed by atoms with Crippen LogP contribution in [0.25, 0.3) is 11.6 Å². The molecule has 2 aromatic heterocycles. The topological polar surface area (TPSA) is 73.0 Å². The van der Waals surface area contributed by atoms with E-state index in [-0.39, 0.29) is 12.5 Å². The van der Waals surface area contributed by atoms with Gasteiger partial charge in [0.15, 0.2) is 0 Å². The minimum atomic E-state index is -0.174. The van der Waals surface area contributed by atoms with Gasteiger partial charge in [0, 0.05) is 12.1 Å². The van der Waals surface area contributed by atoms with Gasteiger partial charge in [-0.2, -0.15) is 0 Å². The number of halogens is 1. The van der Waals surface area contributed by atoms with E-state index < -0.39 is 0 Å². The first-order valence-electron chi connectivity index (χ1n) is 8.65. The summed E-state index contributed by atoms with van der Waals surface area (Å²) < 4.78 is 7.60. The van der Waals surface area contributed by atoms with Crippen molar-refractivity contribution < 1.29 is 9.21 Å². The summed E-state index contributed by atoms with van der Waals surface area (Å²) >= 11 is 6.18. The molecule has 26 heavy (non-hydrogen) atoms. The minimum absolute atomic E-state index is 0.133.